The van der Waals surface area contributed by atoms with Crippen LogP contribution in [0.4, 0.5) is 5.69 Å². The second-order valence-corrected chi connectivity index (χ2v) is 10.6. The number of aromatic nitrogens is 1. The maximum absolute atomic E-state index is 13.0. The minimum absolute atomic E-state index is 0.301. The molecule has 0 aliphatic rings. The maximum atomic E-state index is 13.0. The van der Waals surface area contributed by atoms with E-state index in [2.05, 4.69) is 15.8 Å². The van der Waals surface area contributed by atoms with Crippen LogP contribution in [-0.2, 0) is 10.0 Å². The number of rotatable bonds is 4. The predicted octanol–water partition coefficient (Wildman–Crippen LogP) is 6.65. The van der Waals surface area contributed by atoms with Gasteiger partial charge >= 0.3 is 0 Å². The van der Waals surface area contributed by atoms with Gasteiger partial charge in [0, 0.05) is 5.56 Å². The van der Waals surface area contributed by atoms with Crippen LogP contribution < -0.4 is 4.72 Å². The molecule has 4 aromatic rings. The Hall–Kier alpha value is -2.41. The molecule has 1 heterocycles. The molecule has 3 aromatic carbocycles. The largest absolute Gasteiger partial charge is 0.280 e. The third-order valence-corrected chi connectivity index (χ3v) is 7.92. The van der Waals surface area contributed by atoms with E-state index in [0.717, 1.165) is 26.4 Å². The molecule has 30 heavy (non-hydrogen) atoms. The Kier molecular flexibility index (Phi) is 5.34. The number of nitrogens with one attached hydrogen (secondary N) is 1. The molecule has 0 unspecified atom stereocenters. The quantitative estimate of drug-likeness (QED) is 0.374. The van der Waals surface area contributed by atoms with Crippen LogP contribution in [0.25, 0.3) is 20.8 Å². The van der Waals surface area contributed by atoms with Crippen LogP contribution in [-0.4, -0.2) is 13.4 Å². The molecule has 4 nitrogen and oxygen atoms in total. The van der Waals surface area contributed by atoms with Crippen molar-refractivity contribution in [1.29, 1.82) is 0 Å². The number of nitrogens with zero attached hydrogens (tertiary/aromatic N) is 1. The Morgan fingerprint density at radius 1 is 0.900 bits per heavy atom. The van der Waals surface area contributed by atoms with E-state index in [1.54, 1.807) is 43.4 Å². The van der Waals surface area contributed by atoms with E-state index < -0.39 is 10.0 Å². The number of benzene rings is 3. The van der Waals surface area contributed by atoms with Crippen molar-refractivity contribution in [2.45, 2.75) is 32.6 Å². The first-order valence-corrected chi connectivity index (χ1v) is 12.1. The lowest BCUT2D eigenvalue weighted by molar-refractivity contribution is 0.600. The molecule has 0 radical (unpaired) electrons. The monoisotopic (exact) mass is 456 g/mol. The SMILES string of the molecule is Cc1cc(C)c(S(=O)(=O)Nc2ccc(-c3nc4ccc(C)cc4s3)c(Cl)c2)c(C)c1. The lowest BCUT2D eigenvalue weighted by atomic mass is 10.1. The zero-order valence-corrected chi connectivity index (χ0v) is 19.5. The summed E-state index contributed by atoms with van der Waals surface area (Å²) in [5, 5.41) is 1.25. The Balaban J connectivity index is 1.68. The fourth-order valence-electron chi connectivity index (χ4n) is 3.70. The molecule has 4 rings (SSSR count). The smallest absolute Gasteiger partial charge is 0.262 e. The highest BCUT2D eigenvalue weighted by molar-refractivity contribution is 7.92. The molecule has 7 heteroatoms. The summed E-state index contributed by atoms with van der Waals surface area (Å²) in [6, 6.07) is 15.0. The molecule has 0 saturated carbocycles. The van der Waals surface area contributed by atoms with Gasteiger partial charge in [-0.3, -0.25) is 4.72 Å². The summed E-state index contributed by atoms with van der Waals surface area (Å²) in [7, 11) is -3.73. The van der Waals surface area contributed by atoms with Gasteiger partial charge < -0.3 is 0 Å². The standard InChI is InChI=1S/C23H21ClN2O2S2/c1-13-5-8-20-21(11-13)29-23(25-20)18-7-6-17(12-19(18)24)26-30(27,28)22-15(3)9-14(2)10-16(22)4/h5-12,26H,1-4H3. The van der Waals surface area contributed by atoms with Gasteiger partial charge in [-0.1, -0.05) is 35.4 Å². The number of hydrogen-bond donors (Lipinski definition) is 1. The highest BCUT2D eigenvalue weighted by atomic mass is 35.5. The van der Waals surface area contributed by atoms with Crippen LogP contribution in [0.2, 0.25) is 5.02 Å². The number of halogens is 1. The van der Waals surface area contributed by atoms with Gasteiger partial charge in [0.1, 0.15) is 5.01 Å². The van der Waals surface area contributed by atoms with Gasteiger partial charge in [-0.05, 0) is 74.7 Å². The molecule has 154 valence electrons. The van der Waals surface area contributed by atoms with Gasteiger partial charge in [-0.15, -0.1) is 11.3 Å². The van der Waals surface area contributed by atoms with Crippen molar-refractivity contribution in [1.82, 2.24) is 4.98 Å². The first kappa shape index (κ1) is 20.8. The summed E-state index contributed by atoms with van der Waals surface area (Å²) in [5.41, 5.74) is 5.76. The fourth-order valence-corrected chi connectivity index (χ4v) is 6.63. The van der Waals surface area contributed by atoms with Gasteiger partial charge in [-0.2, -0.15) is 0 Å². The van der Waals surface area contributed by atoms with Crippen molar-refractivity contribution in [3.63, 3.8) is 0 Å². The van der Waals surface area contributed by atoms with Crippen LogP contribution in [0.3, 0.4) is 0 Å². The molecule has 0 aliphatic heterocycles. The molecule has 0 aliphatic carbocycles. The fraction of sp³-hybridized carbons (Fsp3) is 0.174. The summed E-state index contributed by atoms with van der Waals surface area (Å²) in [6.07, 6.45) is 0. The molecule has 0 saturated heterocycles. The van der Waals surface area contributed by atoms with Crippen molar-refractivity contribution in [3.8, 4) is 10.6 Å². The minimum atomic E-state index is -3.73. The van der Waals surface area contributed by atoms with Gasteiger partial charge in [0.05, 0.1) is 25.8 Å². The molecular weight excluding hydrogens is 436 g/mol. The van der Waals surface area contributed by atoms with Crippen LogP contribution in [0, 0.1) is 27.7 Å². The van der Waals surface area contributed by atoms with Crippen molar-refractivity contribution in [2.75, 3.05) is 4.72 Å². The molecule has 0 spiro atoms. The van der Waals surface area contributed by atoms with Gasteiger partial charge in [0.15, 0.2) is 0 Å². The van der Waals surface area contributed by atoms with Crippen LogP contribution >= 0.6 is 22.9 Å². The van der Waals surface area contributed by atoms with Crippen molar-refractivity contribution >= 4 is 48.9 Å². The molecule has 0 fully saturated rings. The molecular formula is C23H21ClN2O2S2. The number of sulfonamides is 1. The van der Waals surface area contributed by atoms with Gasteiger partial charge in [0.25, 0.3) is 10.0 Å². The highest BCUT2D eigenvalue weighted by Crippen LogP contribution is 2.36. The zero-order chi connectivity index (χ0) is 21.6. The summed E-state index contributed by atoms with van der Waals surface area (Å²) in [4.78, 5) is 4.96. The second-order valence-electron chi connectivity index (χ2n) is 7.52. The van der Waals surface area contributed by atoms with E-state index in [-0.39, 0.29) is 0 Å². The van der Waals surface area contributed by atoms with Crippen molar-refractivity contribution in [2.24, 2.45) is 0 Å². The Labute approximate surface area is 185 Å². The molecule has 0 atom stereocenters. The van der Waals surface area contributed by atoms with E-state index in [4.69, 9.17) is 11.6 Å². The van der Waals surface area contributed by atoms with E-state index >= 15 is 0 Å². The topological polar surface area (TPSA) is 59.1 Å². The van der Waals surface area contributed by atoms with Crippen molar-refractivity contribution < 1.29 is 8.42 Å². The maximum Gasteiger partial charge on any atom is 0.262 e. The zero-order valence-electron chi connectivity index (χ0n) is 17.1. The first-order valence-electron chi connectivity index (χ1n) is 9.42. The van der Waals surface area contributed by atoms with Crippen LogP contribution in [0.5, 0.6) is 0 Å². The van der Waals surface area contributed by atoms with Crippen LogP contribution in [0.1, 0.15) is 22.3 Å². The Bertz CT molecular complexity index is 1370. The number of fused-ring (bicyclic) bond motifs is 1. The predicted molar refractivity (Wildman–Crippen MR) is 126 cm³/mol. The van der Waals surface area contributed by atoms with Crippen molar-refractivity contribution in [3.05, 3.63) is 75.8 Å². The summed E-state index contributed by atoms with van der Waals surface area (Å²) >= 11 is 8.08. The van der Waals surface area contributed by atoms with E-state index in [9.17, 15) is 8.42 Å². The minimum Gasteiger partial charge on any atom is -0.280 e. The Morgan fingerprint density at radius 2 is 1.60 bits per heavy atom. The average Bonchev–Trinajstić information content (AvgIpc) is 3.02. The molecule has 1 aromatic heterocycles. The van der Waals surface area contributed by atoms with E-state index in [1.165, 1.54) is 5.56 Å². The number of thiazole rings is 1. The molecule has 0 bridgehead atoms. The third-order valence-electron chi connectivity index (χ3n) is 4.87. The summed E-state index contributed by atoms with van der Waals surface area (Å²) in [6.45, 7) is 7.61. The summed E-state index contributed by atoms with van der Waals surface area (Å²) in [5.74, 6) is 0. The number of aryl methyl sites for hydroxylation is 4. The molecule has 0 amide bonds. The van der Waals surface area contributed by atoms with Gasteiger partial charge in [-0.25, -0.2) is 13.4 Å². The number of hydrogen-bond acceptors (Lipinski definition) is 4. The van der Waals surface area contributed by atoms with Gasteiger partial charge in [0.2, 0.25) is 0 Å². The second kappa shape index (κ2) is 7.69. The van der Waals surface area contributed by atoms with E-state index in [0.29, 0.717) is 26.7 Å². The van der Waals surface area contributed by atoms with E-state index in [1.807, 2.05) is 38.1 Å². The average molecular weight is 457 g/mol. The van der Waals surface area contributed by atoms with Crippen LogP contribution in [0.15, 0.2) is 53.4 Å². The first-order chi connectivity index (χ1) is 14.1. The lowest BCUT2D eigenvalue weighted by Crippen LogP contribution is -2.16. The summed E-state index contributed by atoms with van der Waals surface area (Å²) < 4.78 is 29.8. The molecule has 1 N–H and O–H groups in total. The third kappa shape index (κ3) is 3.95. The number of anilines is 1. The lowest BCUT2D eigenvalue weighted by Gasteiger charge is -2.14. The highest BCUT2D eigenvalue weighted by Gasteiger charge is 2.21. The Morgan fingerprint density at radius 3 is 2.27 bits per heavy atom. The normalized spacial score (nSPS) is 11.8.